The number of amides is 1. The summed E-state index contributed by atoms with van der Waals surface area (Å²) in [6.45, 7) is 3.51. The van der Waals surface area contributed by atoms with Crippen molar-refractivity contribution in [3.05, 3.63) is 89.5 Å². The molecule has 1 aliphatic rings. The van der Waals surface area contributed by atoms with Gasteiger partial charge < -0.3 is 20.1 Å². The SMILES string of the molecule is Cc1cccc(OCC(=O)Nc2ccc(N3CCC(Cc4ccccc4)CC3)cc2C(=O)O)c1. The van der Waals surface area contributed by atoms with Crippen molar-refractivity contribution < 1.29 is 19.4 Å². The van der Waals surface area contributed by atoms with E-state index in [0.29, 0.717) is 11.7 Å². The number of carboxylic acid groups (broad SMARTS) is 1. The summed E-state index contributed by atoms with van der Waals surface area (Å²) in [5.74, 6) is -0.252. The Hall–Kier alpha value is -3.80. The van der Waals surface area contributed by atoms with Crippen molar-refractivity contribution in [1.82, 2.24) is 0 Å². The summed E-state index contributed by atoms with van der Waals surface area (Å²) in [5, 5.41) is 12.4. The number of hydrogen-bond acceptors (Lipinski definition) is 4. The van der Waals surface area contributed by atoms with E-state index in [1.165, 1.54) is 5.56 Å². The summed E-state index contributed by atoms with van der Waals surface area (Å²) in [5.41, 5.74) is 3.61. The van der Waals surface area contributed by atoms with E-state index < -0.39 is 11.9 Å². The van der Waals surface area contributed by atoms with Crippen molar-refractivity contribution in [2.75, 3.05) is 29.9 Å². The number of piperidine rings is 1. The number of carboxylic acids is 1. The molecule has 0 saturated carbocycles. The van der Waals surface area contributed by atoms with Crippen LogP contribution in [0.25, 0.3) is 0 Å². The van der Waals surface area contributed by atoms with Crippen molar-refractivity contribution in [2.45, 2.75) is 26.2 Å². The Kier molecular flexibility index (Phi) is 7.48. The molecule has 6 nitrogen and oxygen atoms in total. The molecule has 176 valence electrons. The van der Waals surface area contributed by atoms with Gasteiger partial charge in [-0.2, -0.15) is 0 Å². The zero-order valence-corrected chi connectivity index (χ0v) is 19.4. The lowest BCUT2D eigenvalue weighted by Crippen LogP contribution is -2.34. The second-order valence-corrected chi connectivity index (χ2v) is 8.81. The fourth-order valence-corrected chi connectivity index (χ4v) is 4.40. The fraction of sp³-hybridized carbons (Fsp3) is 0.286. The number of rotatable bonds is 8. The van der Waals surface area contributed by atoms with Crippen molar-refractivity contribution in [2.24, 2.45) is 5.92 Å². The van der Waals surface area contributed by atoms with Gasteiger partial charge in [0.25, 0.3) is 5.91 Å². The molecule has 1 heterocycles. The first-order valence-corrected chi connectivity index (χ1v) is 11.6. The number of anilines is 2. The van der Waals surface area contributed by atoms with E-state index in [1.54, 1.807) is 18.2 Å². The van der Waals surface area contributed by atoms with Crippen LogP contribution < -0.4 is 15.0 Å². The number of aromatic carboxylic acids is 1. The van der Waals surface area contributed by atoms with Crippen molar-refractivity contribution >= 4 is 23.3 Å². The van der Waals surface area contributed by atoms with Gasteiger partial charge in [-0.05, 0) is 73.6 Å². The zero-order chi connectivity index (χ0) is 23.9. The summed E-state index contributed by atoms with van der Waals surface area (Å²) >= 11 is 0. The van der Waals surface area contributed by atoms with Gasteiger partial charge in [0.05, 0.1) is 11.3 Å². The van der Waals surface area contributed by atoms with Gasteiger partial charge in [-0.1, -0.05) is 42.5 Å². The summed E-state index contributed by atoms with van der Waals surface area (Å²) < 4.78 is 5.52. The molecule has 6 heteroatoms. The van der Waals surface area contributed by atoms with Gasteiger partial charge in [0.2, 0.25) is 0 Å². The minimum atomic E-state index is -1.07. The highest BCUT2D eigenvalue weighted by Gasteiger charge is 2.22. The first kappa shape index (κ1) is 23.4. The van der Waals surface area contributed by atoms with Crippen LogP contribution >= 0.6 is 0 Å². The standard InChI is InChI=1S/C28H30N2O4/c1-20-6-5-9-24(16-20)34-19-27(31)29-26-11-10-23(18-25(26)28(32)33)30-14-12-22(13-15-30)17-21-7-3-2-4-8-21/h2-11,16,18,22H,12-15,17,19H2,1H3,(H,29,31)(H,32,33). The van der Waals surface area contributed by atoms with Crippen molar-refractivity contribution in [1.29, 1.82) is 0 Å². The van der Waals surface area contributed by atoms with E-state index in [1.807, 2.05) is 37.3 Å². The second-order valence-electron chi connectivity index (χ2n) is 8.81. The van der Waals surface area contributed by atoms with Gasteiger partial charge in [-0.25, -0.2) is 4.79 Å². The number of aryl methyl sites for hydroxylation is 1. The third-order valence-corrected chi connectivity index (χ3v) is 6.21. The lowest BCUT2D eigenvalue weighted by Gasteiger charge is -2.34. The van der Waals surface area contributed by atoms with Crippen molar-refractivity contribution in [3.8, 4) is 5.75 Å². The van der Waals surface area contributed by atoms with Gasteiger partial charge in [0.15, 0.2) is 6.61 Å². The van der Waals surface area contributed by atoms with E-state index in [4.69, 9.17) is 4.74 Å². The Labute approximate surface area is 200 Å². The van der Waals surface area contributed by atoms with Crippen LogP contribution in [0.3, 0.4) is 0 Å². The molecule has 1 saturated heterocycles. The minimum Gasteiger partial charge on any atom is -0.484 e. The first-order valence-electron chi connectivity index (χ1n) is 11.6. The molecular formula is C28H30N2O4. The Morgan fingerprint density at radius 2 is 1.76 bits per heavy atom. The summed E-state index contributed by atoms with van der Waals surface area (Å²) in [6.07, 6.45) is 3.20. The number of nitrogens with zero attached hydrogens (tertiary/aromatic N) is 1. The maximum Gasteiger partial charge on any atom is 0.337 e. The third-order valence-electron chi connectivity index (χ3n) is 6.21. The minimum absolute atomic E-state index is 0.0767. The monoisotopic (exact) mass is 458 g/mol. The van der Waals surface area contributed by atoms with Crippen LogP contribution in [0.1, 0.15) is 34.3 Å². The smallest absolute Gasteiger partial charge is 0.337 e. The molecule has 34 heavy (non-hydrogen) atoms. The van der Waals surface area contributed by atoms with Gasteiger partial charge >= 0.3 is 5.97 Å². The lowest BCUT2D eigenvalue weighted by molar-refractivity contribution is -0.118. The number of ether oxygens (including phenoxy) is 1. The summed E-state index contributed by atoms with van der Waals surface area (Å²) in [4.78, 5) is 26.5. The van der Waals surface area contributed by atoms with Crippen LogP contribution in [0, 0.1) is 12.8 Å². The Balaban J connectivity index is 1.35. The normalized spacial score (nSPS) is 14.0. The molecule has 3 aromatic carbocycles. The molecule has 0 aliphatic carbocycles. The van der Waals surface area contributed by atoms with Gasteiger partial charge in [-0.15, -0.1) is 0 Å². The molecular weight excluding hydrogens is 428 g/mol. The van der Waals surface area contributed by atoms with Crippen LogP contribution in [-0.2, 0) is 11.2 Å². The highest BCUT2D eigenvalue weighted by molar-refractivity contribution is 6.01. The fourth-order valence-electron chi connectivity index (χ4n) is 4.40. The van der Waals surface area contributed by atoms with Crippen LogP contribution in [0.5, 0.6) is 5.75 Å². The quantitative estimate of drug-likeness (QED) is 0.487. The average Bonchev–Trinajstić information content (AvgIpc) is 2.84. The van der Waals surface area contributed by atoms with Crippen LogP contribution in [0.15, 0.2) is 72.8 Å². The summed E-state index contributed by atoms with van der Waals surface area (Å²) in [6, 6.07) is 23.1. The number of hydrogen-bond donors (Lipinski definition) is 2. The Bertz CT molecular complexity index is 1140. The zero-order valence-electron chi connectivity index (χ0n) is 19.4. The first-order chi connectivity index (χ1) is 16.5. The van der Waals surface area contributed by atoms with Crippen LogP contribution in [0.4, 0.5) is 11.4 Å². The molecule has 0 radical (unpaired) electrons. The third kappa shape index (κ3) is 6.16. The molecule has 0 spiro atoms. The number of benzene rings is 3. The highest BCUT2D eigenvalue weighted by Crippen LogP contribution is 2.29. The van der Waals surface area contributed by atoms with E-state index in [9.17, 15) is 14.7 Å². The predicted octanol–water partition coefficient (Wildman–Crippen LogP) is 5.17. The summed E-state index contributed by atoms with van der Waals surface area (Å²) in [7, 11) is 0. The Morgan fingerprint density at radius 3 is 2.47 bits per heavy atom. The molecule has 3 aromatic rings. The van der Waals surface area contributed by atoms with E-state index in [2.05, 4.69) is 34.5 Å². The van der Waals surface area contributed by atoms with E-state index >= 15 is 0 Å². The van der Waals surface area contributed by atoms with Crippen molar-refractivity contribution in [3.63, 3.8) is 0 Å². The molecule has 1 amide bonds. The van der Waals surface area contributed by atoms with Gasteiger partial charge in [-0.3, -0.25) is 4.79 Å². The predicted molar refractivity (Wildman–Crippen MR) is 134 cm³/mol. The topological polar surface area (TPSA) is 78.9 Å². The van der Waals surface area contributed by atoms with Gasteiger partial charge in [0.1, 0.15) is 5.75 Å². The number of nitrogens with one attached hydrogen (secondary N) is 1. The highest BCUT2D eigenvalue weighted by atomic mass is 16.5. The second kappa shape index (κ2) is 10.9. The molecule has 0 aromatic heterocycles. The molecule has 0 bridgehead atoms. The van der Waals surface area contributed by atoms with Crippen LogP contribution in [0.2, 0.25) is 0 Å². The lowest BCUT2D eigenvalue weighted by atomic mass is 9.90. The molecule has 2 N–H and O–H groups in total. The Morgan fingerprint density at radius 1 is 1.00 bits per heavy atom. The number of carbonyl (C=O) groups excluding carboxylic acids is 1. The molecule has 1 aliphatic heterocycles. The molecule has 0 unspecified atom stereocenters. The molecule has 0 atom stereocenters. The van der Waals surface area contributed by atoms with Crippen LogP contribution in [-0.4, -0.2) is 36.7 Å². The molecule has 1 fully saturated rings. The van der Waals surface area contributed by atoms with E-state index in [-0.39, 0.29) is 17.9 Å². The molecule has 4 rings (SSSR count). The van der Waals surface area contributed by atoms with Gasteiger partial charge in [0, 0.05) is 18.8 Å². The van der Waals surface area contributed by atoms with E-state index in [0.717, 1.165) is 43.6 Å². The maximum absolute atomic E-state index is 12.4. The maximum atomic E-state index is 12.4. The largest absolute Gasteiger partial charge is 0.484 e. The number of carbonyl (C=O) groups is 2. The average molecular weight is 459 g/mol.